The van der Waals surface area contributed by atoms with Crippen molar-refractivity contribution in [3.8, 4) is 0 Å². The van der Waals surface area contributed by atoms with Gasteiger partial charge in [-0.05, 0) is 32.6 Å². The van der Waals surface area contributed by atoms with E-state index in [2.05, 4.69) is 45.6 Å². The van der Waals surface area contributed by atoms with Crippen molar-refractivity contribution in [1.29, 1.82) is 0 Å². The molecule has 0 heterocycles. The Balaban J connectivity index is 3.34. The monoisotopic (exact) mass is 259 g/mol. The lowest BCUT2D eigenvalue weighted by molar-refractivity contribution is -0.0359. The van der Waals surface area contributed by atoms with Gasteiger partial charge in [-0.15, -0.1) is 0 Å². The van der Waals surface area contributed by atoms with Crippen LogP contribution in [-0.4, -0.2) is 25.3 Å². The van der Waals surface area contributed by atoms with Crippen molar-refractivity contribution in [3.05, 3.63) is 6.92 Å². The van der Waals surface area contributed by atoms with Gasteiger partial charge in [0.2, 0.25) is 0 Å². The van der Waals surface area contributed by atoms with Gasteiger partial charge in [-0.3, -0.25) is 4.84 Å². The van der Waals surface area contributed by atoms with Gasteiger partial charge in [-0.2, -0.15) is 5.48 Å². The van der Waals surface area contributed by atoms with E-state index in [1.165, 1.54) is 0 Å². The lowest BCUT2D eigenvalue weighted by Gasteiger charge is -2.18. The molecule has 3 atom stereocenters. The maximum Gasteiger partial charge on any atom is 0.0762 e. The molecule has 4 heteroatoms. The number of rotatable bonds is 12. The first kappa shape index (κ1) is 17.8. The Bertz CT molecular complexity index is 179. The van der Waals surface area contributed by atoms with E-state index in [9.17, 15) is 0 Å². The summed E-state index contributed by atoms with van der Waals surface area (Å²) in [6.45, 7) is 14.1. The minimum Gasteiger partial charge on any atom is -0.302 e. The molecule has 0 saturated heterocycles. The van der Waals surface area contributed by atoms with Crippen LogP contribution in [0.1, 0.15) is 53.4 Å². The fraction of sp³-hybridized carbons (Fsp3) is 0.929. The van der Waals surface area contributed by atoms with Crippen molar-refractivity contribution in [1.82, 2.24) is 11.0 Å². The Kier molecular flexibility index (Phi) is 11.8. The fourth-order valence-electron chi connectivity index (χ4n) is 1.36. The van der Waals surface area contributed by atoms with Crippen LogP contribution in [0.3, 0.4) is 0 Å². The summed E-state index contributed by atoms with van der Waals surface area (Å²) in [5.41, 5.74) is 5.93. The van der Waals surface area contributed by atoms with Crippen molar-refractivity contribution in [3.63, 3.8) is 0 Å². The highest BCUT2D eigenvalue weighted by Gasteiger charge is 2.05. The second-order valence-corrected chi connectivity index (χ2v) is 5.04. The summed E-state index contributed by atoms with van der Waals surface area (Å²) in [5.74, 6) is 0.601. The van der Waals surface area contributed by atoms with Crippen molar-refractivity contribution >= 4 is 0 Å². The summed E-state index contributed by atoms with van der Waals surface area (Å²) in [7, 11) is 0. The normalized spacial score (nSPS) is 16.5. The first-order valence-corrected chi connectivity index (χ1v) is 7.19. The predicted molar refractivity (Wildman–Crippen MR) is 75.8 cm³/mol. The summed E-state index contributed by atoms with van der Waals surface area (Å²) in [5, 5.41) is 0. The van der Waals surface area contributed by atoms with Gasteiger partial charge in [0.25, 0.3) is 0 Å². The molecule has 0 aliphatic rings. The summed E-state index contributed by atoms with van der Waals surface area (Å²) in [6, 6.07) is 0.0870. The molecule has 0 amide bonds. The van der Waals surface area contributed by atoms with Crippen LogP contribution >= 0.6 is 0 Å². The van der Waals surface area contributed by atoms with Gasteiger partial charge < -0.3 is 4.84 Å². The topological polar surface area (TPSA) is 42.5 Å². The van der Waals surface area contributed by atoms with E-state index in [0.717, 1.165) is 38.8 Å². The molecule has 0 spiro atoms. The van der Waals surface area contributed by atoms with Crippen LogP contribution in [-0.2, 0) is 9.68 Å². The standard InChI is InChI=1S/C14H31N2O2/c1-6-8-14(5)18-16-13(4)9-10-15-17-11-12(3)7-2/h12-16H,4,6-11H2,1-3,5H3. The first-order valence-electron chi connectivity index (χ1n) is 7.19. The molecule has 0 saturated carbocycles. The van der Waals surface area contributed by atoms with Gasteiger partial charge in [0, 0.05) is 12.6 Å². The molecular formula is C14H31N2O2. The molecule has 0 aromatic carbocycles. The van der Waals surface area contributed by atoms with E-state index >= 15 is 0 Å². The quantitative estimate of drug-likeness (QED) is 0.418. The molecule has 2 N–H and O–H groups in total. The first-order chi connectivity index (χ1) is 8.60. The van der Waals surface area contributed by atoms with E-state index < -0.39 is 0 Å². The summed E-state index contributed by atoms with van der Waals surface area (Å²) >= 11 is 0. The van der Waals surface area contributed by atoms with E-state index in [-0.39, 0.29) is 12.1 Å². The van der Waals surface area contributed by atoms with Crippen molar-refractivity contribution in [2.75, 3.05) is 13.2 Å². The molecule has 109 valence electrons. The second-order valence-electron chi connectivity index (χ2n) is 5.04. The van der Waals surface area contributed by atoms with Crippen molar-refractivity contribution < 1.29 is 9.68 Å². The Morgan fingerprint density at radius 2 is 1.89 bits per heavy atom. The molecule has 0 bridgehead atoms. The molecule has 3 unspecified atom stereocenters. The summed E-state index contributed by atoms with van der Waals surface area (Å²) in [4.78, 5) is 10.8. The number of nitrogens with one attached hydrogen (secondary N) is 2. The Morgan fingerprint density at radius 3 is 2.50 bits per heavy atom. The molecular weight excluding hydrogens is 228 g/mol. The molecule has 0 fully saturated rings. The summed E-state index contributed by atoms with van der Waals surface area (Å²) < 4.78 is 0. The van der Waals surface area contributed by atoms with Crippen molar-refractivity contribution in [2.24, 2.45) is 5.92 Å². The van der Waals surface area contributed by atoms with Gasteiger partial charge in [-0.1, -0.05) is 33.6 Å². The van der Waals surface area contributed by atoms with Gasteiger partial charge in [0.15, 0.2) is 0 Å². The molecule has 0 aromatic rings. The zero-order valence-corrected chi connectivity index (χ0v) is 12.5. The van der Waals surface area contributed by atoms with Crippen LogP contribution in [0.25, 0.3) is 0 Å². The second kappa shape index (κ2) is 11.9. The zero-order valence-electron chi connectivity index (χ0n) is 12.5. The van der Waals surface area contributed by atoms with Gasteiger partial charge in [0.1, 0.15) is 0 Å². The minimum atomic E-state index is 0.0870. The number of hydrogen-bond donors (Lipinski definition) is 2. The fourth-order valence-corrected chi connectivity index (χ4v) is 1.36. The number of hydroxylamine groups is 2. The smallest absolute Gasteiger partial charge is 0.0762 e. The molecule has 1 radical (unpaired) electrons. The third-order valence-corrected chi connectivity index (χ3v) is 2.89. The third-order valence-electron chi connectivity index (χ3n) is 2.89. The molecule has 0 aliphatic carbocycles. The number of hydrogen-bond acceptors (Lipinski definition) is 4. The largest absolute Gasteiger partial charge is 0.302 e. The zero-order chi connectivity index (χ0) is 13.8. The van der Waals surface area contributed by atoms with Crippen LogP contribution in [0, 0.1) is 12.8 Å². The van der Waals surface area contributed by atoms with Crippen LogP contribution < -0.4 is 11.0 Å². The van der Waals surface area contributed by atoms with Gasteiger partial charge in [-0.25, -0.2) is 5.48 Å². The van der Waals surface area contributed by atoms with Gasteiger partial charge in [0.05, 0.1) is 12.7 Å². The van der Waals surface area contributed by atoms with Crippen LogP contribution in [0.2, 0.25) is 0 Å². The van der Waals surface area contributed by atoms with Crippen LogP contribution in [0.4, 0.5) is 0 Å². The molecule has 0 rings (SSSR count). The highest BCUT2D eigenvalue weighted by Crippen LogP contribution is 2.00. The minimum absolute atomic E-state index is 0.0870. The third kappa shape index (κ3) is 11.0. The lowest BCUT2D eigenvalue weighted by Crippen LogP contribution is -2.33. The Labute approximate surface area is 113 Å². The maximum absolute atomic E-state index is 5.48. The highest BCUT2D eigenvalue weighted by molar-refractivity contribution is 4.65. The Morgan fingerprint density at radius 1 is 1.17 bits per heavy atom. The molecule has 0 aliphatic heterocycles. The molecule has 18 heavy (non-hydrogen) atoms. The van der Waals surface area contributed by atoms with E-state index in [1.807, 2.05) is 0 Å². The highest BCUT2D eigenvalue weighted by atomic mass is 16.7. The average molecular weight is 259 g/mol. The van der Waals surface area contributed by atoms with E-state index in [1.54, 1.807) is 0 Å². The predicted octanol–water partition coefficient (Wildman–Crippen LogP) is 2.86. The van der Waals surface area contributed by atoms with E-state index in [0.29, 0.717) is 5.92 Å². The average Bonchev–Trinajstić information content (AvgIpc) is 2.36. The van der Waals surface area contributed by atoms with Crippen molar-refractivity contribution in [2.45, 2.75) is 65.5 Å². The van der Waals surface area contributed by atoms with Crippen LogP contribution in [0.15, 0.2) is 0 Å². The Hall–Kier alpha value is -0.160. The van der Waals surface area contributed by atoms with Crippen LogP contribution in [0.5, 0.6) is 0 Å². The SMILES string of the molecule is [CH2]C(CCNOCC(C)CC)NOC(C)CCC. The lowest BCUT2D eigenvalue weighted by atomic mass is 10.1. The maximum atomic E-state index is 5.48. The molecule has 0 aromatic heterocycles. The summed E-state index contributed by atoms with van der Waals surface area (Å²) in [6.07, 6.45) is 4.46. The van der Waals surface area contributed by atoms with Gasteiger partial charge >= 0.3 is 0 Å². The molecule has 4 nitrogen and oxygen atoms in total. The van der Waals surface area contributed by atoms with E-state index in [4.69, 9.17) is 9.68 Å².